The lowest BCUT2D eigenvalue weighted by atomic mass is 10.1. The summed E-state index contributed by atoms with van der Waals surface area (Å²) in [6, 6.07) is 11.1. The zero-order valence-electron chi connectivity index (χ0n) is 12.6. The Kier molecular flexibility index (Phi) is 5.21. The maximum Gasteiger partial charge on any atom is 0.105 e. The van der Waals surface area contributed by atoms with E-state index in [1.807, 2.05) is 12.3 Å². The molecule has 2 rings (SSSR count). The summed E-state index contributed by atoms with van der Waals surface area (Å²) in [4.78, 5) is 5.86. The van der Waals surface area contributed by atoms with Gasteiger partial charge >= 0.3 is 0 Å². The van der Waals surface area contributed by atoms with E-state index >= 15 is 0 Å². The van der Waals surface area contributed by atoms with Crippen molar-refractivity contribution in [3.8, 4) is 0 Å². The molecule has 106 valence electrons. The van der Waals surface area contributed by atoms with E-state index in [1.54, 1.807) is 11.8 Å². The maximum atomic E-state index is 4.57. The monoisotopic (exact) mass is 286 g/mol. The van der Waals surface area contributed by atoms with Gasteiger partial charge in [0.05, 0.1) is 0 Å². The van der Waals surface area contributed by atoms with E-state index in [4.69, 9.17) is 0 Å². The molecule has 0 bridgehead atoms. The molecule has 1 atom stereocenters. The summed E-state index contributed by atoms with van der Waals surface area (Å²) in [5.74, 6) is 0. The van der Waals surface area contributed by atoms with Gasteiger partial charge in [0.1, 0.15) is 5.03 Å². The summed E-state index contributed by atoms with van der Waals surface area (Å²) >= 11 is 1.76. The van der Waals surface area contributed by atoms with Gasteiger partial charge in [-0.15, -0.1) is 0 Å². The minimum atomic E-state index is 0.321. The lowest BCUT2D eigenvalue weighted by Crippen LogP contribution is -2.18. The maximum absolute atomic E-state index is 4.57. The van der Waals surface area contributed by atoms with Crippen molar-refractivity contribution in [2.24, 2.45) is 0 Å². The summed E-state index contributed by atoms with van der Waals surface area (Å²) < 4.78 is 0. The lowest BCUT2D eigenvalue weighted by molar-refractivity contribution is 0.585. The Balaban J connectivity index is 2.31. The number of rotatable bonds is 5. The first kappa shape index (κ1) is 15.1. The second-order valence-electron chi connectivity index (χ2n) is 5.05. The van der Waals surface area contributed by atoms with Gasteiger partial charge in [0.15, 0.2) is 0 Å². The molecule has 0 aliphatic carbocycles. The fraction of sp³-hybridized carbons (Fsp3) is 0.353. The molecule has 1 aromatic carbocycles. The van der Waals surface area contributed by atoms with Gasteiger partial charge in [-0.2, -0.15) is 0 Å². The van der Waals surface area contributed by atoms with E-state index in [-0.39, 0.29) is 0 Å². The number of hydrogen-bond acceptors (Lipinski definition) is 3. The average molecular weight is 286 g/mol. The summed E-state index contributed by atoms with van der Waals surface area (Å²) in [6.45, 7) is 9.56. The Labute approximate surface area is 126 Å². The second-order valence-corrected chi connectivity index (χ2v) is 6.08. The second kappa shape index (κ2) is 6.91. The van der Waals surface area contributed by atoms with Crippen molar-refractivity contribution < 1.29 is 0 Å². The zero-order chi connectivity index (χ0) is 14.5. The normalized spacial score (nSPS) is 12.4. The third-order valence-electron chi connectivity index (χ3n) is 3.33. The Bertz CT molecular complexity index is 581. The molecule has 0 radical (unpaired) electrons. The molecule has 2 nitrogen and oxygen atoms in total. The fourth-order valence-electron chi connectivity index (χ4n) is 2.16. The largest absolute Gasteiger partial charge is 0.310 e. The molecule has 1 unspecified atom stereocenters. The van der Waals surface area contributed by atoms with Crippen molar-refractivity contribution in [3.05, 3.63) is 53.2 Å². The van der Waals surface area contributed by atoms with Crippen LogP contribution in [0.25, 0.3) is 0 Å². The van der Waals surface area contributed by atoms with Crippen LogP contribution in [0, 0.1) is 13.8 Å². The minimum absolute atomic E-state index is 0.321. The topological polar surface area (TPSA) is 24.9 Å². The first-order valence-corrected chi connectivity index (χ1v) is 7.87. The summed E-state index contributed by atoms with van der Waals surface area (Å²) in [6.07, 6.45) is 1.87. The van der Waals surface area contributed by atoms with E-state index in [0.29, 0.717) is 6.04 Å². The number of aromatic nitrogens is 1. The van der Waals surface area contributed by atoms with Gasteiger partial charge < -0.3 is 5.32 Å². The van der Waals surface area contributed by atoms with Crippen LogP contribution in [0.5, 0.6) is 0 Å². The number of nitrogens with one attached hydrogen (secondary N) is 1. The predicted octanol–water partition coefficient (Wildman–Crippen LogP) is 4.52. The molecule has 2 aromatic rings. The van der Waals surface area contributed by atoms with Crippen LogP contribution in [-0.2, 0) is 0 Å². The van der Waals surface area contributed by atoms with Crippen LogP contribution in [0.2, 0.25) is 0 Å². The van der Waals surface area contributed by atoms with Crippen LogP contribution in [-0.4, -0.2) is 11.5 Å². The van der Waals surface area contributed by atoms with Gasteiger partial charge in [-0.3, -0.25) is 0 Å². The molecule has 1 N–H and O–H groups in total. The van der Waals surface area contributed by atoms with Crippen molar-refractivity contribution in [1.29, 1.82) is 0 Å². The Morgan fingerprint density at radius 1 is 1.25 bits per heavy atom. The third-order valence-corrected chi connectivity index (χ3v) is 4.52. The van der Waals surface area contributed by atoms with Crippen LogP contribution < -0.4 is 5.32 Å². The van der Waals surface area contributed by atoms with Crippen molar-refractivity contribution in [3.63, 3.8) is 0 Å². The smallest absolute Gasteiger partial charge is 0.105 e. The number of hydrogen-bond donors (Lipinski definition) is 1. The van der Waals surface area contributed by atoms with Gasteiger partial charge in [0.25, 0.3) is 0 Å². The highest BCUT2D eigenvalue weighted by Crippen LogP contribution is 2.33. The Hall–Kier alpha value is -1.32. The molecule has 0 amide bonds. The van der Waals surface area contributed by atoms with Gasteiger partial charge in [-0.05, 0) is 50.6 Å². The molecule has 0 spiro atoms. The number of aryl methyl sites for hydroxylation is 2. The predicted molar refractivity (Wildman–Crippen MR) is 86.4 cm³/mol. The standard InChI is InChI=1S/C17H22N2S/c1-5-18-14(4)15-7-6-10-19-17(15)20-16-11-12(2)8-9-13(16)3/h6-11,14,18H,5H2,1-4H3. The van der Waals surface area contributed by atoms with Crippen LogP contribution in [0.1, 0.15) is 36.6 Å². The number of nitrogens with zero attached hydrogens (tertiary/aromatic N) is 1. The van der Waals surface area contributed by atoms with Crippen LogP contribution in [0.15, 0.2) is 46.5 Å². The first-order valence-electron chi connectivity index (χ1n) is 7.05. The number of benzene rings is 1. The van der Waals surface area contributed by atoms with E-state index < -0.39 is 0 Å². The van der Waals surface area contributed by atoms with E-state index in [1.165, 1.54) is 21.6 Å². The molecule has 1 heterocycles. The SMILES string of the molecule is CCNC(C)c1cccnc1Sc1cc(C)ccc1C. The Morgan fingerprint density at radius 2 is 2.05 bits per heavy atom. The number of pyridine rings is 1. The summed E-state index contributed by atoms with van der Waals surface area (Å²) in [5.41, 5.74) is 3.85. The molecule has 20 heavy (non-hydrogen) atoms. The first-order chi connectivity index (χ1) is 9.61. The van der Waals surface area contributed by atoms with E-state index in [9.17, 15) is 0 Å². The highest BCUT2D eigenvalue weighted by Gasteiger charge is 2.12. The Morgan fingerprint density at radius 3 is 2.80 bits per heavy atom. The van der Waals surface area contributed by atoms with Gasteiger partial charge in [0, 0.05) is 22.7 Å². The van der Waals surface area contributed by atoms with Crippen molar-refractivity contribution in [2.75, 3.05) is 6.54 Å². The summed E-state index contributed by atoms with van der Waals surface area (Å²) in [7, 11) is 0. The third kappa shape index (κ3) is 3.62. The molecule has 0 aliphatic heterocycles. The zero-order valence-corrected chi connectivity index (χ0v) is 13.4. The van der Waals surface area contributed by atoms with Gasteiger partial charge in [-0.25, -0.2) is 4.98 Å². The summed E-state index contributed by atoms with van der Waals surface area (Å²) in [5, 5.41) is 4.55. The van der Waals surface area contributed by atoms with E-state index in [0.717, 1.165) is 11.6 Å². The molecule has 1 aromatic heterocycles. The minimum Gasteiger partial charge on any atom is -0.310 e. The van der Waals surface area contributed by atoms with Crippen LogP contribution in [0.3, 0.4) is 0 Å². The van der Waals surface area contributed by atoms with Gasteiger partial charge in [-0.1, -0.05) is 36.9 Å². The van der Waals surface area contributed by atoms with Crippen molar-refractivity contribution in [2.45, 2.75) is 43.7 Å². The molecule has 0 saturated carbocycles. The van der Waals surface area contributed by atoms with Crippen LogP contribution in [0.4, 0.5) is 0 Å². The molecular weight excluding hydrogens is 264 g/mol. The quantitative estimate of drug-likeness (QED) is 0.874. The van der Waals surface area contributed by atoms with Crippen molar-refractivity contribution >= 4 is 11.8 Å². The highest BCUT2D eigenvalue weighted by atomic mass is 32.2. The lowest BCUT2D eigenvalue weighted by Gasteiger charge is -2.16. The average Bonchev–Trinajstić information content (AvgIpc) is 2.44. The van der Waals surface area contributed by atoms with Crippen LogP contribution >= 0.6 is 11.8 Å². The fourth-order valence-corrected chi connectivity index (χ4v) is 3.31. The molecule has 0 aliphatic rings. The van der Waals surface area contributed by atoms with Gasteiger partial charge in [0.2, 0.25) is 0 Å². The highest BCUT2D eigenvalue weighted by molar-refractivity contribution is 7.99. The van der Waals surface area contributed by atoms with Crippen molar-refractivity contribution in [1.82, 2.24) is 10.3 Å². The van der Waals surface area contributed by atoms with E-state index in [2.05, 4.69) is 62.3 Å². The molecule has 0 saturated heterocycles. The molecule has 3 heteroatoms. The molecular formula is C17H22N2S. The molecule has 0 fully saturated rings.